The summed E-state index contributed by atoms with van der Waals surface area (Å²) in [5.41, 5.74) is 1.35. The zero-order valence-electron chi connectivity index (χ0n) is 13.9. The van der Waals surface area contributed by atoms with Crippen LogP contribution < -0.4 is 4.90 Å². The standard InChI is InChI=1S/C18H21FN4O/c1-13-10-17(21-12-20-13)22(2)16-6-8-23(9-7-16)18(24)14-4-3-5-15(19)11-14/h3-5,10-12,16H,6-9H2,1-2H3. The summed E-state index contributed by atoms with van der Waals surface area (Å²) in [6.07, 6.45) is 3.30. The van der Waals surface area contributed by atoms with E-state index in [1.165, 1.54) is 12.1 Å². The van der Waals surface area contributed by atoms with E-state index in [0.29, 0.717) is 24.7 Å². The van der Waals surface area contributed by atoms with Gasteiger partial charge in [0.05, 0.1) is 0 Å². The van der Waals surface area contributed by atoms with E-state index >= 15 is 0 Å². The minimum atomic E-state index is -0.380. The van der Waals surface area contributed by atoms with Crippen molar-refractivity contribution in [2.45, 2.75) is 25.8 Å². The molecule has 1 aliphatic rings. The van der Waals surface area contributed by atoms with E-state index in [2.05, 4.69) is 14.9 Å². The number of piperidine rings is 1. The molecule has 6 heteroatoms. The second-order valence-electron chi connectivity index (χ2n) is 6.16. The smallest absolute Gasteiger partial charge is 0.253 e. The van der Waals surface area contributed by atoms with Gasteiger partial charge in [0.1, 0.15) is 18.0 Å². The van der Waals surface area contributed by atoms with Crippen LogP contribution in [0.15, 0.2) is 36.7 Å². The van der Waals surface area contributed by atoms with Crippen molar-refractivity contribution in [3.63, 3.8) is 0 Å². The average Bonchev–Trinajstić information content (AvgIpc) is 2.60. The second-order valence-corrected chi connectivity index (χ2v) is 6.16. The van der Waals surface area contributed by atoms with Crippen LogP contribution in [0.1, 0.15) is 28.9 Å². The molecule has 1 aromatic heterocycles. The highest BCUT2D eigenvalue weighted by atomic mass is 19.1. The lowest BCUT2D eigenvalue weighted by atomic mass is 10.0. The number of amides is 1. The van der Waals surface area contributed by atoms with Gasteiger partial charge in [-0.3, -0.25) is 4.79 Å². The Bertz CT molecular complexity index is 728. The Morgan fingerprint density at radius 2 is 2.00 bits per heavy atom. The van der Waals surface area contributed by atoms with Gasteiger partial charge in [0.25, 0.3) is 5.91 Å². The fourth-order valence-corrected chi connectivity index (χ4v) is 3.08. The van der Waals surface area contributed by atoms with Gasteiger partial charge in [0.2, 0.25) is 0 Å². The molecule has 0 saturated carbocycles. The maximum Gasteiger partial charge on any atom is 0.253 e. The third-order valence-electron chi connectivity index (χ3n) is 4.52. The van der Waals surface area contributed by atoms with E-state index < -0.39 is 0 Å². The van der Waals surface area contributed by atoms with E-state index in [1.54, 1.807) is 23.4 Å². The fourth-order valence-electron chi connectivity index (χ4n) is 3.08. The molecular weight excluding hydrogens is 307 g/mol. The number of halogens is 1. The van der Waals surface area contributed by atoms with Crippen molar-refractivity contribution in [2.24, 2.45) is 0 Å². The number of benzene rings is 1. The van der Waals surface area contributed by atoms with Crippen molar-refractivity contribution < 1.29 is 9.18 Å². The third kappa shape index (κ3) is 3.53. The molecule has 0 spiro atoms. The molecule has 0 radical (unpaired) electrons. The summed E-state index contributed by atoms with van der Waals surface area (Å²) < 4.78 is 13.3. The van der Waals surface area contributed by atoms with Crippen molar-refractivity contribution >= 4 is 11.7 Å². The Kier molecular flexibility index (Phi) is 4.74. The first-order valence-corrected chi connectivity index (χ1v) is 8.11. The fraction of sp³-hybridized carbons (Fsp3) is 0.389. The zero-order valence-corrected chi connectivity index (χ0v) is 13.9. The van der Waals surface area contributed by atoms with Crippen molar-refractivity contribution in [1.29, 1.82) is 0 Å². The molecule has 1 saturated heterocycles. The topological polar surface area (TPSA) is 49.3 Å². The number of hydrogen-bond donors (Lipinski definition) is 0. The Labute approximate surface area is 141 Å². The van der Waals surface area contributed by atoms with Crippen LogP contribution in [0.5, 0.6) is 0 Å². The van der Waals surface area contributed by atoms with Crippen LogP contribution >= 0.6 is 0 Å². The lowest BCUT2D eigenvalue weighted by Gasteiger charge is -2.37. The maximum atomic E-state index is 13.3. The minimum absolute atomic E-state index is 0.103. The highest BCUT2D eigenvalue weighted by molar-refractivity contribution is 5.94. The molecule has 2 aromatic rings. The number of likely N-dealkylation sites (tertiary alicyclic amines) is 1. The molecule has 24 heavy (non-hydrogen) atoms. The minimum Gasteiger partial charge on any atom is -0.356 e. The molecule has 0 N–H and O–H groups in total. The van der Waals surface area contributed by atoms with Gasteiger partial charge in [-0.05, 0) is 38.0 Å². The van der Waals surface area contributed by atoms with Gasteiger partial charge in [-0.2, -0.15) is 0 Å². The van der Waals surface area contributed by atoms with E-state index in [4.69, 9.17) is 0 Å². The number of carbonyl (C=O) groups excluding carboxylic acids is 1. The second kappa shape index (κ2) is 6.95. The SMILES string of the molecule is Cc1cc(N(C)C2CCN(C(=O)c3cccc(F)c3)CC2)ncn1. The molecule has 3 rings (SSSR count). The first-order valence-electron chi connectivity index (χ1n) is 8.11. The highest BCUT2D eigenvalue weighted by Gasteiger charge is 2.26. The summed E-state index contributed by atoms with van der Waals surface area (Å²) in [5.74, 6) is 0.417. The van der Waals surface area contributed by atoms with Gasteiger partial charge >= 0.3 is 0 Å². The maximum absolute atomic E-state index is 13.3. The van der Waals surface area contributed by atoms with Gasteiger partial charge in [-0.15, -0.1) is 0 Å². The van der Waals surface area contributed by atoms with Crippen LogP contribution in [0.2, 0.25) is 0 Å². The molecule has 0 atom stereocenters. The van der Waals surface area contributed by atoms with E-state index in [1.807, 2.05) is 20.0 Å². The van der Waals surface area contributed by atoms with Crippen molar-refractivity contribution in [3.8, 4) is 0 Å². The van der Waals surface area contributed by atoms with Gasteiger partial charge in [-0.25, -0.2) is 14.4 Å². The summed E-state index contributed by atoms with van der Waals surface area (Å²) in [6, 6.07) is 8.17. The molecule has 5 nitrogen and oxygen atoms in total. The number of aromatic nitrogens is 2. The Morgan fingerprint density at radius 1 is 1.25 bits per heavy atom. The number of anilines is 1. The molecule has 1 aromatic carbocycles. The van der Waals surface area contributed by atoms with Gasteiger partial charge < -0.3 is 9.80 Å². The summed E-state index contributed by atoms with van der Waals surface area (Å²) >= 11 is 0. The average molecular weight is 328 g/mol. The number of rotatable bonds is 3. The molecule has 0 aliphatic carbocycles. The monoisotopic (exact) mass is 328 g/mol. The highest BCUT2D eigenvalue weighted by Crippen LogP contribution is 2.21. The lowest BCUT2D eigenvalue weighted by Crippen LogP contribution is -2.45. The van der Waals surface area contributed by atoms with E-state index in [0.717, 1.165) is 24.4 Å². The first kappa shape index (κ1) is 16.4. The molecule has 2 heterocycles. The molecule has 1 fully saturated rings. The molecule has 1 aliphatic heterocycles. The largest absolute Gasteiger partial charge is 0.356 e. The summed E-state index contributed by atoms with van der Waals surface area (Å²) in [5, 5.41) is 0. The Hall–Kier alpha value is -2.50. The quantitative estimate of drug-likeness (QED) is 0.869. The van der Waals surface area contributed by atoms with Crippen LogP contribution in [0.3, 0.4) is 0 Å². The van der Waals surface area contributed by atoms with Crippen LogP contribution in [0.25, 0.3) is 0 Å². The van der Waals surface area contributed by atoms with Crippen molar-refractivity contribution in [1.82, 2.24) is 14.9 Å². The predicted molar refractivity (Wildman–Crippen MR) is 90.5 cm³/mol. The molecule has 0 unspecified atom stereocenters. The van der Waals surface area contributed by atoms with Crippen LogP contribution in [-0.2, 0) is 0 Å². The van der Waals surface area contributed by atoms with Crippen LogP contribution in [0.4, 0.5) is 10.2 Å². The summed E-state index contributed by atoms with van der Waals surface area (Å²) in [4.78, 5) is 24.9. The first-order chi connectivity index (χ1) is 11.5. The predicted octanol–water partition coefficient (Wildman–Crippen LogP) is 2.67. The van der Waals surface area contributed by atoms with Gasteiger partial charge in [-0.1, -0.05) is 6.07 Å². The summed E-state index contributed by atoms with van der Waals surface area (Å²) in [6.45, 7) is 3.27. The number of carbonyl (C=O) groups is 1. The van der Waals surface area contributed by atoms with Gasteiger partial charge in [0, 0.05) is 43.5 Å². The normalized spacial score (nSPS) is 15.4. The number of hydrogen-bond acceptors (Lipinski definition) is 4. The Balaban J connectivity index is 1.62. The van der Waals surface area contributed by atoms with Crippen LogP contribution in [0, 0.1) is 12.7 Å². The lowest BCUT2D eigenvalue weighted by molar-refractivity contribution is 0.0712. The van der Waals surface area contributed by atoms with Crippen LogP contribution in [-0.4, -0.2) is 47.0 Å². The third-order valence-corrected chi connectivity index (χ3v) is 4.52. The molecular formula is C18H21FN4O. The van der Waals surface area contributed by atoms with E-state index in [-0.39, 0.29) is 11.7 Å². The van der Waals surface area contributed by atoms with Gasteiger partial charge in [0.15, 0.2) is 0 Å². The Morgan fingerprint density at radius 3 is 2.67 bits per heavy atom. The molecule has 1 amide bonds. The molecule has 126 valence electrons. The number of nitrogens with zero attached hydrogens (tertiary/aromatic N) is 4. The van der Waals surface area contributed by atoms with Crippen molar-refractivity contribution in [2.75, 3.05) is 25.0 Å². The zero-order chi connectivity index (χ0) is 17.1. The summed E-state index contributed by atoms with van der Waals surface area (Å²) in [7, 11) is 2.02. The van der Waals surface area contributed by atoms with E-state index in [9.17, 15) is 9.18 Å². The van der Waals surface area contributed by atoms with Crippen molar-refractivity contribution in [3.05, 3.63) is 53.7 Å². The number of aryl methyl sites for hydroxylation is 1. The molecule has 0 bridgehead atoms.